The zero-order valence-corrected chi connectivity index (χ0v) is 18.4. The van der Waals surface area contributed by atoms with E-state index in [0.717, 1.165) is 23.3 Å². The van der Waals surface area contributed by atoms with Crippen LogP contribution in [0, 0.1) is 5.92 Å². The van der Waals surface area contributed by atoms with Gasteiger partial charge in [0.2, 0.25) is 4.96 Å². The molecule has 6 heteroatoms. The molecule has 0 aliphatic rings. The molecular weight excluding hydrogens is 394 g/mol. The van der Waals surface area contributed by atoms with Gasteiger partial charge in [0.05, 0.1) is 11.6 Å². The third-order valence-corrected chi connectivity index (χ3v) is 6.06. The van der Waals surface area contributed by atoms with Gasteiger partial charge in [-0.15, -0.1) is 5.10 Å². The van der Waals surface area contributed by atoms with Gasteiger partial charge in [-0.2, -0.15) is 4.52 Å². The minimum Gasteiger partial charge on any atom is -0.497 e. The molecule has 30 heavy (non-hydrogen) atoms. The number of hydrogen-bond donors (Lipinski definition) is 0. The van der Waals surface area contributed by atoms with Gasteiger partial charge in [0.15, 0.2) is 5.82 Å². The number of methoxy groups -OCH3 is 1. The first-order valence-corrected chi connectivity index (χ1v) is 10.9. The van der Waals surface area contributed by atoms with E-state index in [0.29, 0.717) is 21.2 Å². The molecule has 4 rings (SSSR count). The van der Waals surface area contributed by atoms with Crippen LogP contribution < -0.4 is 14.8 Å². The molecule has 0 N–H and O–H groups in total. The molecule has 1 atom stereocenters. The van der Waals surface area contributed by atoms with Gasteiger partial charge in [-0.1, -0.05) is 68.5 Å². The molecule has 0 fully saturated rings. The summed E-state index contributed by atoms with van der Waals surface area (Å²) in [4.78, 5) is 18.1. The van der Waals surface area contributed by atoms with E-state index in [4.69, 9.17) is 4.74 Å². The molecule has 0 saturated carbocycles. The molecule has 0 aliphatic carbocycles. The van der Waals surface area contributed by atoms with Crippen molar-refractivity contribution in [2.75, 3.05) is 7.11 Å². The van der Waals surface area contributed by atoms with Gasteiger partial charge in [-0.25, -0.2) is 4.98 Å². The molecule has 5 nitrogen and oxygen atoms in total. The number of rotatable bonds is 6. The molecule has 0 aliphatic heterocycles. The fraction of sp³-hybridized carbons (Fsp3) is 0.292. The molecule has 0 saturated heterocycles. The highest BCUT2D eigenvalue weighted by molar-refractivity contribution is 7.15. The number of fused-ring (bicyclic) bond motifs is 1. The van der Waals surface area contributed by atoms with Gasteiger partial charge in [0.25, 0.3) is 5.56 Å². The van der Waals surface area contributed by atoms with E-state index in [1.165, 1.54) is 21.4 Å². The van der Waals surface area contributed by atoms with E-state index in [1.54, 1.807) is 7.11 Å². The van der Waals surface area contributed by atoms with Gasteiger partial charge >= 0.3 is 0 Å². The Hall–Kier alpha value is -2.99. The molecule has 4 aromatic rings. The van der Waals surface area contributed by atoms with Crippen molar-refractivity contribution in [3.05, 3.63) is 85.9 Å². The minimum absolute atomic E-state index is 0.0235. The Morgan fingerprint density at radius 2 is 1.90 bits per heavy atom. The van der Waals surface area contributed by atoms with Crippen molar-refractivity contribution in [1.82, 2.24) is 14.6 Å². The molecule has 1 unspecified atom stereocenters. The lowest BCUT2D eigenvalue weighted by atomic mass is 9.96. The van der Waals surface area contributed by atoms with Gasteiger partial charge in [-0.05, 0) is 47.2 Å². The van der Waals surface area contributed by atoms with E-state index >= 15 is 0 Å². The maximum absolute atomic E-state index is 12.8. The molecule has 2 heterocycles. The number of aromatic nitrogens is 3. The number of thiazole rings is 1. The van der Waals surface area contributed by atoms with Crippen LogP contribution in [0.1, 0.15) is 49.2 Å². The Morgan fingerprint density at radius 3 is 2.57 bits per heavy atom. The minimum atomic E-state index is -0.143. The zero-order chi connectivity index (χ0) is 21.3. The van der Waals surface area contributed by atoms with E-state index < -0.39 is 0 Å². The Labute approximate surface area is 179 Å². The maximum Gasteiger partial charge on any atom is 0.291 e. The summed E-state index contributed by atoms with van der Waals surface area (Å²) in [5, 5.41) is 4.51. The zero-order valence-electron chi connectivity index (χ0n) is 17.6. The first kappa shape index (κ1) is 20.3. The average molecular weight is 420 g/mol. The quantitative estimate of drug-likeness (QED) is 0.473. The van der Waals surface area contributed by atoms with Gasteiger partial charge in [-0.3, -0.25) is 4.79 Å². The molecule has 0 spiro atoms. The van der Waals surface area contributed by atoms with Gasteiger partial charge in [0.1, 0.15) is 5.75 Å². The Kier molecular flexibility index (Phi) is 5.68. The summed E-state index contributed by atoms with van der Waals surface area (Å²) in [6.45, 7) is 6.52. The van der Waals surface area contributed by atoms with Crippen LogP contribution >= 0.6 is 11.3 Å². The molecule has 2 aromatic heterocycles. The Morgan fingerprint density at radius 1 is 1.13 bits per heavy atom. The summed E-state index contributed by atoms with van der Waals surface area (Å²) in [6.07, 6.45) is 2.92. The third-order valence-electron chi connectivity index (χ3n) is 5.10. The summed E-state index contributed by atoms with van der Waals surface area (Å²) in [7, 11) is 1.63. The SMILES string of the molecule is COc1cccc(/C=c2\sc3nc(C(C)c4ccc(CC(C)C)cc4)nn3c2=O)c1. The summed E-state index contributed by atoms with van der Waals surface area (Å²) < 4.78 is 7.27. The smallest absolute Gasteiger partial charge is 0.291 e. The highest BCUT2D eigenvalue weighted by atomic mass is 32.1. The number of ether oxygens (including phenoxy) is 1. The van der Waals surface area contributed by atoms with Crippen LogP contribution in [-0.4, -0.2) is 21.7 Å². The summed E-state index contributed by atoms with van der Waals surface area (Å²) in [5.74, 6) is 2.08. The average Bonchev–Trinajstić information content (AvgIpc) is 3.27. The van der Waals surface area contributed by atoms with Crippen LogP contribution in [0.4, 0.5) is 0 Å². The van der Waals surface area contributed by atoms with E-state index in [-0.39, 0.29) is 11.5 Å². The second-order valence-electron chi connectivity index (χ2n) is 7.92. The topological polar surface area (TPSA) is 56.5 Å². The van der Waals surface area contributed by atoms with Crippen molar-refractivity contribution in [3.63, 3.8) is 0 Å². The lowest BCUT2D eigenvalue weighted by molar-refractivity contribution is 0.414. The molecule has 154 valence electrons. The van der Waals surface area contributed by atoms with Gasteiger partial charge in [0, 0.05) is 5.92 Å². The second kappa shape index (κ2) is 8.40. The summed E-state index contributed by atoms with van der Waals surface area (Å²) in [6, 6.07) is 16.2. The lowest BCUT2D eigenvalue weighted by Gasteiger charge is -2.10. The van der Waals surface area contributed by atoms with Crippen LogP contribution in [0.5, 0.6) is 5.75 Å². The summed E-state index contributed by atoms with van der Waals surface area (Å²) in [5.41, 5.74) is 3.25. The second-order valence-corrected chi connectivity index (χ2v) is 8.93. The first-order chi connectivity index (χ1) is 14.4. The van der Waals surface area contributed by atoms with E-state index in [2.05, 4.69) is 55.1 Å². The van der Waals surface area contributed by atoms with Crippen molar-refractivity contribution >= 4 is 22.4 Å². The molecule has 0 amide bonds. The van der Waals surface area contributed by atoms with E-state index in [9.17, 15) is 4.79 Å². The van der Waals surface area contributed by atoms with E-state index in [1.807, 2.05) is 30.3 Å². The highest BCUT2D eigenvalue weighted by Crippen LogP contribution is 2.23. The monoisotopic (exact) mass is 419 g/mol. The fourth-order valence-electron chi connectivity index (χ4n) is 3.48. The predicted molar refractivity (Wildman–Crippen MR) is 121 cm³/mol. The van der Waals surface area contributed by atoms with Crippen molar-refractivity contribution in [2.45, 2.75) is 33.1 Å². The van der Waals surface area contributed by atoms with Gasteiger partial charge < -0.3 is 4.74 Å². The number of benzene rings is 2. The largest absolute Gasteiger partial charge is 0.497 e. The van der Waals surface area contributed by atoms with Crippen molar-refractivity contribution < 1.29 is 4.74 Å². The summed E-state index contributed by atoms with van der Waals surface area (Å²) >= 11 is 1.36. The molecular formula is C24H25N3O2S. The van der Waals surface area contributed by atoms with Crippen molar-refractivity contribution in [3.8, 4) is 5.75 Å². The third kappa shape index (κ3) is 4.14. The Bertz CT molecular complexity index is 1270. The highest BCUT2D eigenvalue weighted by Gasteiger charge is 2.17. The number of hydrogen-bond acceptors (Lipinski definition) is 5. The molecule has 0 bridgehead atoms. The first-order valence-electron chi connectivity index (χ1n) is 10.1. The van der Waals surface area contributed by atoms with Crippen LogP contribution in [-0.2, 0) is 6.42 Å². The normalized spacial score (nSPS) is 13.3. The lowest BCUT2D eigenvalue weighted by Crippen LogP contribution is -2.24. The van der Waals surface area contributed by atoms with Crippen molar-refractivity contribution in [2.24, 2.45) is 5.92 Å². The molecule has 0 radical (unpaired) electrons. The van der Waals surface area contributed by atoms with Crippen LogP contribution in [0.3, 0.4) is 0 Å². The fourth-order valence-corrected chi connectivity index (χ4v) is 4.39. The van der Waals surface area contributed by atoms with Crippen molar-refractivity contribution in [1.29, 1.82) is 0 Å². The number of nitrogens with zero attached hydrogens (tertiary/aromatic N) is 3. The van der Waals surface area contributed by atoms with Crippen LogP contribution in [0.25, 0.3) is 11.0 Å². The maximum atomic E-state index is 12.8. The standard InChI is InChI=1S/C24H25N3O2S/c1-15(2)12-17-8-10-19(11-9-17)16(3)22-25-24-27(26-22)23(28)21(30-24)14-18-6-5-7-20(13-18)29-4/h5-11,13-16H,12H2,1-4H3/b21-14-. The molecule has 2 aromatic carbocycles. The van der Waals surface area contributed by atoms with Crippen LogP contribution in [0.2, 0.25) is 0 Å². The predicted octanol–water partition coefficient (Wildman–Crippen LogP) is 4.06. The Balaban J connectivity index is 1.63. The van der Waals surface area contributed by atoms with Crippen LogP contribution in [0.15, 0.2) is 53.3 Å².